The molecule has 182 valence electrons. The van der Waals surface area contributed by atoms with Gasteiger partial charge in [0.15, 0.2) is 0 Å². The second kappa shape index (κ2) is 8.61. The molecule has 0 spiro atoms. The zero-order valence-electron chi connectivity index (χ0n) is 20.1. The van der Waals surface area contributed by atoms with Crippen LogP contribution in [0.5, 0.6) is 0 Å². The summed E-state index contributed by atoms with van der Waals surface area (Å²) in [6, 6.07) is 14.4. The Morgan fingerprint density at radius 3 is 2.26 bits per heavy atom. The number of piperazine rings is 1. The number of rotatable bonds is 5. The first-order chi connectivity index (χ1) is 16.8. The molecule has 3 aliphatic rings. The minimum atomic E-state index is -1.50. The first-order valence-corrected chi connectivity index (χ1v) is 12.0. The van der Waals surface area contributed by atoms with E-state index in [1.54, 1.807) is 19.1 Å². The van der Waals surface area contributed by atoms with E-state index in [-0.39, 0.29) is 18.9 Å². The molecule has 2 aromatic rings. The molecule has 3 aliphatic heterocycles. The molecule has 0 unspecified atom stereocenters. The molecule has 3 amide bonds. The summed E-state index contributed by atoms with van der Waals surface area (Å²) in [7, 11) is 0. The number of imide groups is 1. The van der Waals surface area contributed by atoms with Crippen LogP contribution < -0.4 is 10.2 Å². The molecule has 3 saturated heterocycles. The van der Waals surface area contributed by atoms with E-state index in [2.05, 4.69) is 5.32 Å². The number of hydrogen-bond acceptors (Lipinski definition) is 6. The summed E-state index contributed by atoms with van der Waals surface area (Å²) < 4.78 is 5.23. The van der Waals surface area contributed by atoms with Crippen LogP contribution in [0.25, 0.3) is 0 Å². The first-order valence-electron chi connectivity index (χ1n) is 12.0. The molecule has 4 atom stereocenters. The molecule has 0 bridgehead atoms. The summed E-state index contributed by atoms with van der Waals surface area (Å²) in [4.78, 5) is 57.5. The van der Waals surface area contributed by atoms with Crippen LogP contribution in [0.1, 0.15) is 36.1 Å². The molecule has 0 saturated carbocycles. The SMILES string of the molecule is CCOC(=O)C[C@@]12C(=O)NCCN1[C@@H](c1ccc(C)cc1)[C@H]1C(=O)N(c3ccc(C)cc3)C(=O)[C@@H]12. The lowest BCUT2D eigenvalue weighted by Crippen LogP contribution is -2.67. The number of benzene rings is 2. The Kier molecular flexibility index (Phi) is 5.71. The summed E-state index contributed by atoms with van der Waals surface area (Å²) in [6.07, 6.45) is -0.295. The Bertz CT molecular complexity index is 1190. The Labute approximate surface area is 204 Å². The average Bonchev–Trinajstić information content (AvgIpc) is 3.26. The van der Waals surface area contributed by atoms with Crippen molar-refractivity contribution in [3.8, 4) is 0 Å². The van der Waals surface area contributed by atoms with Gasteiger partial charge in [0, 0.05) is 19.1 Å². The Hall–Kier alpha value is -3.52. The van der Waals surface area contributed by atoms with Gasteiger partial charge in [-0.3, -0.25) is 24.1 Å². The van der Waals surface area contributed by atoms with Crippen molar-refractivity contribution in [3.63, 3.8) is 0 Å². The molecule has 8 heteroatoms. The highest BCUT2D eigenvalue weighted by Gasteiger charge is 2.73. The quantitative estimate of drug-likeness (QED) is 0.527. The highest BCUT2D eigenvalue weighted by Crippen LogP contribution is 2.57. The van der Waals surface area contributed by atoms with Gasteiger partial charge >= 0.3 is 5.97 Å². The Morgan fingerprint density at radius 2 is 1.63 bits per heavy atom. The van der Waals surface area contributed by atoms with Crippen LogP contribution in [0.4, 0.5) is 5.69 Å². The third-order valence-corrected chi connectivity index (χ3v) is 7.52. The number of aryl methyl sites for hydroxylation is 2. The molecule has 0 radical (unpaired) electrons. The second-order valence-electron chi connectivity index (χ2n) is 9.56. The van der Waals surface area contributed by atoms with E-state index in [4.69, 9.17) is 4.74 Å². The van der Waals surface area contributed by atoms with Gasteiger partial charge in [0.2, 0.25) is 17.7 Å². The van der Waals surface area contributed by atoms with Crippen molar-refractivity contribution < 1.29 is 23.9 Å². The minimum Gasteiger partial charge on any atom is -0.466 e. The molecule has 2 aromatic carbocycles. The van der Waals surface area contributed by atoms with Gasteiger partial charge in [0.1, 0.15) is 5.54 Å². The predicted molar refractivity (Wildman–Crippen MR) is 128 cm³/mol. The zero-order chi connectivity index (χ0) is 24.9. The van der Waals surface area contributed by atoms with E-state index in [1.807, 2.05) is 55.1 Å². The fourth-order valence-electron chi connectivity index (χ4n) is 6.01. The van der Waals surface area contributed by atoms with E-state index in [0.29, 0.717) is 18.8 Å². The highest BCUT2D eigenvalue weighted by molar-refractivity contribution is 6.24. The number of hydrogen-bond donors (Lipinski definition) is 1. The Balaban J connectivity index is 1.69. The van der Waals surface area contributed by atoms with Crippen LogP contribution in [-0.2, 0) is 23.9 Å². The number of amides is 3. The summed E-state index contributed by atoms with van der Waals surface area (Å²) in [6.45, 7) is 6.55. The highest BCUT2D eigenvalue weighted by atomic mass is 16.5. The molecule has 8 nitrogen and oxygen atoms in total. The molecular formula is C27H29N3O5. The lowest BCUT2D eigenvalue weighted by molar-refractivity contribution is -0.156. The smallest absolute Gasteiger partial charge is 0.308 e. The van der Waals surface area contributed by atoms with Gasteiger partial charge in [-0.05, 0) is 38.5 Å². The number of nitrogens with one attached hydrogen (secondary N) is 1. The lowest BCUT2D eigenvalue weighted by atomic mass is 9.76. The number of esters is 1. The third-order valence-electron chi connectivity index (χ3n) is 7.52. The molecule has 35 heavy (non-hydrogen) atoms. The van der Waals surface area contributed by atoms with Gasteiger partial charge in [-0.25, -0.2) is 4.90 Å². The van der Waals surface area contributed by atoms with Gasteiger partial charge in [0.05, 0.1) is 30.6 Å². The van der Waals surface area contributed by atoms with E-state index in [0.717, 1.165) is 16.7 Å². The largest absolute Gasteiger partial charge is 0.466 e. The van der Waals surface area contributed by atoms with Crippen molar-refractivity contribution >= 4 is 29.4 Å². The van der Waals surface area contributed by atoms with E-state index in [1.165, 1.54) is 4.90 Å². The lowest BCUT2D eigenvalue weighted by Gasteiger charge is -2.45. The van der Waals surface area contributed by atoms with Crippen LogP contribution in [0.2, 0.25) is 0 Å². The molecule has 3 heterocycles. The van der Waals surface area contributed by atoms with Gasteiger partial charge in [-0.2, -0.15) is 0 Å². The predicted octanol–water partition coefficient (Wildman–Crippen LogP) is 2.29. The monoisotopic (exact) mass is 475 g/mol. The number of anilines is 1. The van der Waals surface area contributed by atoms with E-state index in [9.17, 15) is 19.2 Å². The summed E-state index contributed by atoms with van der Waals surface area (Å²) >= 11 is 0. The maximum absolute atomic E-state index is 14.0. The number of fused-ring (bicyclic) bond motifs is 3. The topological polar surface area (TPSA) is 96.0 Å². The van der Waals surface area contributed by atoms with Crippen molar-refractivity contribution in [1.29, 1.82) is 0 Å². The third kappa shape index (κ3) is 3.46. The fraction of sp³-hybridized carbons (Fsp3) is 0.407. The van der Waals surface area contributed by atoms with Crippen molar-refractivity contribution in [1.82, 2.24) is 10.2 Å². The van der Waals surface area contributed by atoms with Crippen LogP contribution in [0.15, 0.2) is 48.5 Å². The Morgan fingerprint density at radius 1 is 1.00 bits per heavy atom. The van der Waals surface area contributed by atoms with Crippen LogP contribution in [0, 0.1) is 25.7 Å². The van der Waals surface area contributed by atoms with Crippen molar-refractivity contribution in [2.75, 3.05) is 24.6 Å². The number of carbonyl (C=O) groups is 4. The summed E-state index contributed by atoms with van der Waals surface area (Å²) in [5.41, 5.74) is 1.88. The molecular weight excluding hydrogens is 446 g/mol. The number of nitrogens with zero attached hydrogens (tertiary/aromatic N) is 2. The molecule has 0 aromatic heterocycles. The first kappa shape index (κ1) is 23.2. The van der Waals surface area contributed by atoms with Gasteiger partial charge in [-0.1, -0.05) is 47.5 Å². The van der Waals surface area contributed by atoms with Crippen LogP contribution in [0.3, 0.4) is 0 Å². The average molecular weight is 476 g/mol. The van der Waals surface area contributed by atoms with Crippen LogP contribution in [-0.4, -0.2) is 53.8 Å². The van der Waals surface area contributed by atoms with Gasteiger partial charge in [-0.15, -0.1) is 0 Å². The minimum absolute atomic E-state index is 0.161. The zero-order valence-corrected chi connectivity index (χ0v) is 20.1. The standard InChI is InChI=1S/C27H29N3O5/c1-4-35-20(31)15-27-22-21(24(32)30(25(22)33)19-11-7-17(3)8-12-19)23(18-9-5-16(2)6-10-18)29(27)14-13-28-26(27)34/h5-12,21-23H,4,13-15H2,1-3H3,(H,28,34)/t21-,22+,23-,27+/m0/s1. The van der Waals surface area contributed by atoms with Gasteiger partial charge < -0.3 is 10.1 Å². The molecule has 3 fully saturated rings. The van der Waals surface area contributed by atoms with Gasteiger partial charge in [0.25, 0.3) is 0 Å². The summed E-state index contributed by atoms with van der Waals surface area (Å²) in [5.74, 6) is -3.58. The number of ether oxygens (including phenoxy) is 1. The number of carbonyl (C=O) groups excluding carboxylic acids is 4. The molecule has 1 N–H and O–H groups in total. The van der Waals surface area contributed by atoms with Crippen molar-refractivity contribution in [2.45, 2.75) is 38.8 Å². The fourth-order valence-corrected chi connectivity index (χ4v) is 6.01. The van der Waals surface area contributed by atoms with Crippen LogP contribution >= 0.6 is 0 Å². The van der Waals surface area contributed by atoms with Crippen molar-refractivity contribution in [3.05, 3.63) is 65.2 Å². The maximum atomic E-state index is 14.0. The molecule has 0 aliphatic carbocycles. The maximum Gasteiger partial charge on any atom is 0.308 e. The van der Waals surface area contributed by atoms with Crippen molar-refractivity contribution in [2.24, 2.45) is 11.8 Å². The summed E-state index contributed by atoms with van der Waals surface area (Å²) in [5, 5.41) is 2.86. The second-order valence-corrected chi connectivity index (χ2v) is 9.56. The van der Waals surface area contributed by atoms with E-state index < -0.39 is 41.2 Å². The molecule has 5 rings (SSSR count). The normalized spacial score (nSPS) is 28.0. The van der Waals surface area contributed by atoms with E-state index >= 15 is 0 Å².